The van der Waals surface area contributed by atoms with E-state index in [2.05, 4.69) is 9.88 Å². The van der Waals surface area contributed by atoms with Gasteiger partial charge in [-0.05, 0) is 73.2 Å². The third kappa shape index (κ3) is 4.58. The number of hydrogen-bond acceptors (Lipinski definition) is 4. The van der Waals surface area contributed by atoms with Gasteiger partial charge in [0.1, 0.15) is 0 Å². The number of methoxy groups -OCH3 is 1. The topological polar surface area (TPSA) is 45.7 Å². The van der Waals surface area contributed by atoms with Gasteiger partial charge in [0.25, 0.3) is 0 Å². The van der Waals surface area contributed by atoms with Crippen LogP contribution in [0.1, 0.15) is 36.8 Å². The summed E-state index contributed by atoms with van der Waals surface area (Å²) in [7, 11) is 1.49. The lowest BCUT2D eigenvalue weighted by molar-refractivity contribution is -0.140. The fourth-order valence-electron chi connectivity index (χ4n) is 4.61. The number of rotatable bonds is 5. The molecule has 3 heterocycles. The Balaban J connectivity index is 1.36. The van der Waals surface area contributed by atoms with E-state index >= 15 is 0 Å². The number of nitrogens with zero attached hydrogens (tertiary/aromatic N) is 3. The molecule has 2 aliphatic rings. The van der Waals surface area contributed by atoms with Crippen LogP contribution in [0.25, 0.3) is 0 Å². The first-order valence-corrected chi connectivity index (χ1v) is 10.3. The first-order valence-electron chi connectivity index (χ1n) is 10.3. The Labute approximate surface area is 171 Å². The number of pyridine rings is 1. The molecular formula is C23H28FN3O2. The van der Waals surface area contributed by atoms with Crippen molar-refractivity contribution in [1.82, 2.24) is 14.8 Å². The highest BCUT2D eigenvalue weighted by Gasteiger charge is 2.40. The van der Waals surface area contributed by atoms with Gasteiger partial charge in [-0.1, -0.05) is 6.07 Å². The molecule has 2 aromatic rings. The number of halogens is 1. The van der Waals surface area contributed by atoms with E-state index in [1.165, 1.54) is 13.2 Å². The monoisotopic (exact) mass is 397 g/mol. The highest BCUT2D eigenvalue weighted by molar-refractivity contribution is 5.77. The summed E-state index contributed by atoms with van der Waals surface area (Å²) in [5, 5.41) is 0. The van der Waals surface area contributed by atoms with Gasteiger partial charge in [0.15, 0.2) is 11.6 Å². The van der Waals surface area contributed by atoms with Crippen LogP contribution in [0, 0.1) is 11.2 Å². The van der Waals surface area contributed by atoms with Crippen LogP contribution in [-0.4, -0.2) is 47.4 Å². The van der Waals surface area contributed by atoms with E-state index in [0.717, 1.165) is 56.6 Å². The van der Waals surface area contributed by atoms with Crippen molar-refractivity contribution in [1.29, 1.82) is 0 Å². The molecule has 2 aliphatic heterocycles. The lowest BCUT2D eigenvalue weighted by Crippen LogP contribution is -2.51. The largest absolute Gasteiger partial charge is 0.494 e. The first-order chi connectivity index (χ1) is 14.1. The third-order valence-corrected chi connectivity index (χ3v) is 6.41. The van der Waals surface area contributed by atoms with Crippen LogP contribution in [-0.2, 0) is 17.9 Å². The van der Waals surface area contributed by atoms with Gasteiger partial charge in [0.05, 0.1) is 7.11 Å². The first kappa shape index (κ1) is 19.8. The molecular weight excluding hydrogens is 369 g/mol. The molecule has 0 aliphatic carbocycles. The number of amides is 1. The normalized spacial score (nSPS) is 19.5. The average Bonchev–Trinajstić information content (AvgIpc) is 2.75. The van der Waals surface area contributed by atoms with Crippen molar-refractivity contribution < 1.29 is 13.9 Å². The summed E-state index contributed by atoms with van der Waals surface area (Å²) in [6, 6.07) is 9.05. The molecule has 6 heteroatoms. The maximum Gasteiger partial charge on any atom is 0.222 e. The number of carbonyl (C=O) groups is 1. The van der Waals surface area contributed by atoms with Crippen LogP contribution in [0.15, 0.2) is 42.7 Å². The standard InChI is InChI=1S/C23H28FN3O2/c1-29-21-14-19(2-3-20(21)24)15-26-12-8-23(9-13-26)7-4-22(28)27(17-23)16-18-5-10-25-11-6-18/h2-3,5-6,10-11,14H,4,7-9,12-13,15-17H2,1H3. The van der Waals surface area contributed by atoms with E-state index in [-0.39, 0.29) is 17.1 Å². The lowest BCUT2D eigenvalue weighted by Gasteiger charge is -2.47. The van der Waals surface area contributed by atoms with E-state index in [1.54, 1.807) is 18.5 Å². The van der Waals surface area contributed by atoms with Crippen molar-refractivity contribution in [3.63, 3.8) is 0 Å². The van der Waals surface area contributed by atoms with Crippen molar-refractivity contribution in [3.8, 4) is 5.75 Å². The maximum atomic E-state index is 13.6. The molecule has 1 spiro atoms. The molecule has 154 valence electrons. The summed E-state index contributed by atoms with van der Waals surface area (Å²) in [4.78, 5) is 21.0. The van der Waals surface area contributed by atoms with Gasteiger partial charge in [0.2, 0.25) is 5.91 Å². The molecule has 29 heavy (non-hydrogen) atoms. The molecule has 5 nitrogen and oxygen atoms in total. The van der Waals surface area contributed by atoms with Crippen LogP contribution in [0.2, 0.25) is 0 Å². The number of likely N-dealkylation sites (tertiary alicyclic amines) is 2. The van der Waals surface area contributed by atoms with E-state index in [1.807, 2.05) is 23.1 Å². The number of hydrogen-bond donors (Lipinski definition) is 0. The summed E-state index contributed by atoms with van der Waals surface area (Å²) in [6.45, 7) is 4.30. The SMILES string of the molecule is COc1cc(CN2CCC3(CCC(=O)N(Cc4ccncc4)C3)CC2)ccc1F. The third-order valence-electron chi connectivity index (χ3n) is 6.41. The molecule has 1 aromatic carbocycles. The molecule has 0 radical (unpaired) electrons. The maximum absolute atomic E-state index is 13.6. The number of ether oxygens (including phenoxy) is 1. The molecule has 1 aromatic heterocycles. The predicted molar refractivity (Wildman–Crippen MR) is 109 cm³/mol. The van der Waals surface area contributed by atoms with Gasteiger partial charge in [-0.15, -0.1) is 0 Å². The van der Waals surface area contributed by atoms with Gasteiger partial charge in [-0.25, -0.2) is 4.39 Å². The van der Waals surface area contributed by atoms with Gasteiger partial charge in [-0.2, -0.15) is 0 Å². The van der Waals surface area contributed by atoms with Crippen molar-refractivity contribution in [2.45, 2.75) is 38.8 Å². The van der Waals surface area contributed by atoms with E-state index in [4.69, 9.17) is 4.74 Å². The summed E-state index contributed by atoms with van der Waals surface area (Å²) < 4.78 is 18.7. The summed E-state index contributed by atoms with van der Waals surface area (Å²) in [5.41, 5.74) is 2.42. The Morgan fingerprint density at radius 3 is 2.55 bits per heavy atom. The molecule has 0 saturated carbocycles. The zero-order chi connectivity index (χ0) is 20.3. The minimum Gasteiger partial charge on any atom is -0.494 e. The number of benzene rings is 1. The van der Waals surface area contributed by atoms with Crippen LogP contribution >= 0.6 is 0 Å². The van der Waals surface area contributed by atoms with E-state index in [0.29, 0.717) is 18.7 Å². The smallest absolute Gasteiger partial charge is 0.222 e. The fourth-order valence-corrected chi connectivity index (χ4v) is 4.61. The average molecular weight is 397 g/mol. The van der Waals surface area contributed by atoms with Crippen LogP contribution < -0.4 is 4.74 Å². The second-order valence-electron chi connectivity index (χ2n) is 8.35. The molecule has 0 unspecified atom stereocenters. The summed E-state index contributed by atoms with van der Waals surface area (Å²) in [5.74, 6) is 0.233. The highest BCUT2D eigenvalue weighted by Crippen LogP contribution is 2.41. The molecule has 2 fully saturated rings. The van der Waals surface area contributed by atoms with Crippen molar-refractivity contribution in [3.05, 3.63) is 59.7 Å². The Morgan fingerprint density at radius 1 is 1.07 bits per heavy atom. The van der Waals surface area contributed by atoms with Gasteiger partial charge in [0, 0.05) is 38.4 Å². The fraction of sp³-hybridized carbons (Fsp3) is 0.478. The Hall–Kier alpha value is -2.47. The minimum absolute atomic E-state index is 0.220. The lowest BCUT2D eigenvalue weighted by atomic mass is 9.72. The van der Waals surface area contributed by atoms with Gasteiger partial charge >= 0.3 is 0 Å². The second-order valence-corrected chi connectivity index (χ2v) is 8.35. The zero-order valence-corrected chi connectivity index (χ0v) is 16.9. The Kier molecular flexibility index (Phi) is 5.81. The van der Waals surface area contributed by atoms with E-state index in [9.17, 15) is 9.18 Å². The molecule has 1 amide bonds. The Morgan fingerprint density at radius 2 is 1.83 bits per heavy atom. The number of piperidine rings is 2. The highest BCUT2D eigenvalue weighted by atomic mass is 19.1. The number of carbonyl (C=O) groups excluding carboxylic acids is 1. The zero-order valence-electron chi connectivity index (χ0n) is 16.9. The van der Waals surface area contributed by atoms with Crippen molar-refractivity contribution in [2.24, 2.45) is 5.41 Å². The van der Waals surface area contributed by atoms with Crippen molar-refractivity contribution >= 4 is 5.91 Å². The molecule has 4 rings (SSSR count). The molecule has 0 atom stereocenters. The molecule has 2 saturated heterocycles. The number of aromatic nitrogens is 1. The molecule has 0 bridgehead atoms. The summed E-state index contributed by atoms with van der Waals surface area (Å²) in [6.07, 6.45) is 7.36. The quantitative estimate of drug-likeness (QED) is 0.773. The predicted octanol–water partition coefficient (Wildman–Crippen LogP) is 3.63. The minimum atomic E-state index is -0.324. The van der Waals surface area contributed by atoms with Crippen LogP contribution in [0.3, 0.4) is 0 Å². The van der Waals surface area contributed by atoms with Crippen molar-refractivity contribution in [2.75, 3.05) is 26.7 Å². The van der Waals surface area contributed by atoms with Gasteiger partial charge in [-0.3, -0.25) is 14.7 Å². The van der Waals surface area contributed by atoms with Crippen LogP contribution in [0.4, 0.5) is 4.39 Å². The van der Waals surface area contributed by atoms with Crippen LogP contribution in [0.5, 0.6) is 5.75 Å². The summed E-state index contributed by atoms with van der Waals surface area (Å²) >= 11 is 0. The van der Waals surface area contributed by atoms with E-state index < -0.39 is 0 Å². The molecule has 0 N–H and O–H groups in total. The van der Waals surface area contributed by atoms with Gasteiger partial charge < -0.3 is 9.64 Å². The second kappa shape index (κ2) is 8.49. The Bertz CT molecular complexity index is 850.